The van der Waals surface area contributed by atoms with Gasteiger partial charge in [0.1, 0.15) is 5.75 Å². The highest BCUT2D eigenvalue weighted by atomic mass is 32.2. The van der Waals surface area contributed by atoms with Crippen LogP contribution < -0.4 is 0 Å². The molecule has 0 aliphatic carbocycles. The van der Waals surface area contributed by atoms with E-state index in [1.54, 1.807) is 19.2 Å². The summed E-state index contributed by atoms with van der Waals surface area (Å²) >= 11 is 1.52. The van der Waals surface area contributed by atoms with Crippen molar-refractivity contribution in [2.45, 2.75) is 23.9 Å². The molecule has 0 aliphatic heterocycles. The SMILES string of the molecule is COCCCn1c(SCc2ccccc2C#N)nnc1-c1ccccc1O. The fraction of sp³-hybridized carbons (Fsp3) is 0.250. The fourth-order valence-corrected chi connectivity index (χ4v) is 3.69. The van der Waals surface area contributed by atoms with Crippen molar-refractivity contribution in [2.75, 3.05) is 13.7 Å². The van der Waals surface area contributed by atoms with Gasteiger partial charge in [0.05, 0.1) is 17.2 Å². The van der Waals surface area contributed by atoms with Crippen LogP contribution in [0.25, 0.3) is 11.4 Å². The molecule has 1 aromatic heterocycles. The van der Waals surface area contributed by atoms with E-state index in [9.17, 15) is 10.4 Å². The summed E-state index contributed by atoms with van der Waals surface area (Å²) in [4.78, 5) is 0. The molecule has 0 spiro atoms. The van der Waals surface area contributed by atoms with Gasteiger partial charge in [-0.15, -0.1) is 10.2 Å². The maximum absolute atomic E-state index is 10.2. The lowest BCUT2D eigenvalue weighted by atomic mass is 10.1. The highest BCUT2D eigenvalue weighted by Crippen LogP contribution is 2.31. The molecular weight excluding hydrogens is 360 g/mol. The van der Waals surface area contributed by atoms with Crippen molar-refractivity contribution in [3.8, 4) is 23.2 Å². The van der Waals surface area contributed by atoms with Crippen LogP contribution in [0.2, 0.25) is 0 Å². The zero-order valence-corrected chi connectivity index (χ0v) is 15.8. The Balaban J connectivity index is 1.88. The Morgan fingerprint density at radius 3 is 2.70 bits per heavy atom. The molecule has 0 saturated carbocycles. The summed E-state index contributed by atoms with van der Waals surface area (Å²) < 4.78 is 7.16. The number of rotatable bonds is 8. The third-order valence-electron chi connectivity index (χ3n) is 4.09. The first-order valence-corrected chi connectivity index (χ1v) is 9.54. The average molecular weight is 380 g/mol. The number of thioether (sulfide) groups is 1. The number of methoxy groups -OCH3 is 1. The molecule has 1 N–H and O–H groups in total. The molecule has 0 fully saturated rings. The van der Waals surface area contributed by atoms with Crippen LogP contribution in [0.3, 0.4) is 0 Å². The first-order valence-electron chi connectivity index (χ1n) is 8.56. The summed E-state index contributed by atoms with van der Waals surface area (Å²) in [5, 5.41) is 28.8. The van der Waals surface area contributed by atoms with Crippen molar-refractivity contribution >= 4 is 11.8 Å². The summed E-state index contributed by atoms with van der Waals surface area (Å²) in [7, 11) is 1.67. The van der Waals surface area contributed by atoms with E-state index in [-0.39, 0.29) is 5.75 Å². The van der Waals surface area contributed by atoms with Gasteiger partial charge < -0.3 is 14.4 Å². The minimum atomic E-state index is 0.171. The van der Waals surface area contributed by atoms with Crippen LogP contribution in [0.5, 0.6) is 5.75 Å². The molecule has 0 unspecified atom stereocenters. The summed E-state index contributed by atoms with van der Waals surface area (Å²) in [6.07, 6.45) is 0.803. The van der Waals surface area contributed by atoms with Crippen LogP contribution in [0.4, 0.5) is 0 Å². The van der Waals surface area contributed by atoms with Crippen molar-refractivity contribution in [1.82, 2.24) is 14.8 Å². The predicted molar refractivity (Wildman–Crippen MR) is 104 cm³/mol. The van der Waals surface area contributed by atoms with E-state index >= 15 is 0 Å². The van der Waals surface area contributed by atoms with Crippen molar-refractivity contribution in [3.05, 3.63) is 59.7 Å². The van der Waals surface area contributed by atoms with Crippen LogP contribution in [-0.2, 0) is 17.0 Å². The highest BCUT2D eigenvalue weighted by molar-refractivity contribution is 7.98. The number of nitriles is 1. The average Bonchev–Trinajstić information content (AvgIpc) is 3.09. The smallest absolute Gasteiger partial charge is 0.191 e. The van der Waals surface area contributed by atoms with Crippen LogP contribution in [-0.4, -0.2) is 33.6 Å². The van der Waals surface area contributed by atoms with Gasteiger partial charge in [-0.25, -0.2) is 0 Å². The van der Waals surface area contributed by atoms with Crippen LogP contribution in [0, 0.1) is 11.3 Å². The number of nitrogens with zero attached hydrogens (tertiary/aromatic N) is 4. The second-order valence-electron chi connectivity index (χ2n) is 5.88. The van der Waals surface area contributed by atoms with Crippen LogP contribution in [0.1, 0.15) is 17.5 Å². The molecular formula is C20H20N4O2S. The number of para-hydroxylation sites is 1. The van der Waals surface area contributed by atoms with Gasteiger partial charge in [0.15, 0.2) is 11.0 Å². The first kappa shape index (κ1) is 19.0. The standard InChI is InChI=1S/C20H20N4O2S/c1-26-12-6-11-24-19(17-9-4-5-10-18(17)25)22-23-20(24)27-14-16-8-3-2-7-15(16)13-21/h2-5,7-10,25H,6,11-12,14H2,1H3. The Morgan fingerprint density at radius 1 is 1.15 bits per heavy atom. The third-order valence-corrected chi connectivity index (χ3v) is 5.10. The maximum Gasteiger partial charge on any atom is 0.191 e. The second kappa shape index (κ2) is 9.21. The van der Waals surface area contributed by atoms with Crippen molar-refractivity contribution < 1.29 is 9.84 Å². The molecule has 0 amide bonds. The number of phenolic OH excluding ortho intramolecular Hbond substituents is 1. The van der Waals surface area contributed by atoms with Crippen molar-refractivity contribution in [3.63, 3.8) is 0 Å². The van der Waals surface area contributed by atoms with E-state index in [2.05, 4.69) is 16.3 Å². The second-order valence-corrected chi connectivity index (χ2v) is 6.82. The summed E-state index contributed by atoms with van der Waals surface area (Å²) in [5.41, 5.74) is 2.27. The molecule has 0 bridgehead atoms. The number of ether oxygens (including phenoxy) is 1. The Kier molecular flexibility index (Phi) is 6.47. The monoisotopic (exact) mass is 380 g/mol. The Hall–Kier alpha value is -2.82. The molecule has 0 atom stereocenters. The van der Waals surface area contributed by atoms with E-state index in [1.807, 2.05) is 41.0 Å². The molecule has 3 aromatic rings. The highest BCUT2D eigenvalue weighted by Gasteiger charge is 2.17. The van der Waals surface area contributed by atoms with E-state index in [0.717, 1.165) is 17.1 Å². The van der Waals surface area contributed by atoms with Gasteiger partial charge in [-0.2, -0.15) is 5.26 Å². The van der Waals surface area contributed by atoms with Gasteiger partial charge in [-0.05, 0) is 30.2 Å². The van der Waals surface area contributed by atoms with Gasteiger partial charge in [-0.1, -0.05) is 42.1 Å². The van der Waals surface area contributed by atoms with Crippen molar-refractivity contribution in [1.29, 1.82) is 5.26 Å². The molecule has 0 aliphatic rings. The first-order chi connectivity index (χ1) is 13.2. The third kappa shape index (κ3) is 4.48. The number of aromatic hydroxyl groups is 1. The molecule has 7 heteroatoms. The minimum absolute atomic E-state index is 0.171. The quantitative estimate of drug-likeness (QED) is 0.472. The Morgan fingerprint density at radius 2 is 1.93 bits per heavy atom. The summed E-state index contributed by atoms with van der Waals surface area (Å²) in [6, 6.07) is 16.9. The van der Waals surface area contributed by atoms with Gasteiger partial charge in [0.25, 0.3) is 0 Å². The fourth-order valence-electron chi connectivity index (χ4n) is 2.72. The van der Waals surface area contributed by atoms with E-state index < -0.39 is 0 Å². The lowest BCUT2D eigenvalue weighted by Gasteiger charge is -2.11. The topological polar surface area (TPSA) is 84.0 Å². The molecule has 0 radical (unpaired) electrons. The molecule has 1 heterocycles. The Bertz CT molecular complexity index is 949. The van der Waals surface area contributed by atoms with E-state index in [4.69, 9.17) is 4.74 Å². The number of hydrogen-bond acceptors (Lipinski definition) is 6. The Labute approximate surface area is 162 Å². The summed E-state index contributed by atoms with van der Waals surface area (Å²) in [6.45, 7) is 1.30. The molecule has 27 heavy (non-hydrogen) atoms. The van der Waals surface area contributed by atoms with Gasteiger partial charge in [0, 0.05) is 26.0 Å². The normalized spacial score (nSPS) is 10.7. The molecule has 3 rings (SSSR count). The number of phenols is 1. The van der Waals surface area contributed by atoms with Crippen molar-refractivity contribution in [2.24, 2.45) is 0 Å². The molecule has 6 nitrogen and oxygen atoms in total. The van der Waals surface area contributed by atoms with Crippen LogP contribution in [0.15, 0.2) is 53.7 Å². The number of hydrogen-bond donors (Lipinski definition) is 1. The van der Waals surface area contributed by atoms with Gasteiger partial charge >= 0.3 is 0 Å². The number of aromatic nitrogens is 3. The molecule has 2 aromatic carbocycles. The number of benzene rings is 2. The zero-order valence-electron chi connectivity index (χ0n) is 15.0. The minimum Gasteiger partial charge on any atom is -0.507 e. The van der Waals surface area contributed by atoms with E-state index in [1.165, 1.54) is 11.8 Å². The maximum atomic E-state index is 10.2. The lowest BCUT2D eigenvalue weighted by Crippen LogP contribution is -2.05. The van der Waals surface area contributed by atoms with Gasteiger partial charge in [-0.3, -0.25) is 0 Å². The summed E-state index contributed by atoms with van der Waals surface area (Å²) in [5.74, 6) is 1.41. The lowest BCUT2D eigenvalue weighted by molar-refractivity contribution is 0.189. The predicted octanol–water partition coefficient (Wildman–Crippen LogP) is 3.85. The van der Waals surface area contributed by atoms with Crippen LogP contribution >= 0.6 is 11.8 Å². The molecule has 0 saturated heterocycles. The van der Waals surface area contributed by atoms with Gasteiger partial charge in [0.2, 0.25) is 0 Å². The molecule has 138 valence electrons. The zero-order chi connectivity index (χ0) is 19.1. The largest absolute Gasteiger partial charge is 0.507 e. The van der Waals surface area contributed by atoms with E-state index in [0.29, 0.717) is 35.9 Å².